The number of nitrogens with zero attached hydrogens (tertiary/aromatic N) is 1. The topological polar surface area (TPSA) is 46.6 Å². The van der Waals surface area contributed by atoms with Crippen LogP contribution in [0.3, 0.4) is 0 Å². The number of benzene rings is 1. The molecule has 2 fully saturated rings. The second-order valence-corrected chi connectivity index (χ2v) is 6.57. The molecular formula is C19H23NO3. The molecule has 1 spiro atoms. The van der Waals surface area contributed by atoms with Crippen LogP contribution in [0.15, 0.2) is 30.8 Å². The number of rotatable bonds is 3. The number of likely N-dealkylation sites (tertiary alicyclic amines) is 1. The molecule has 1 aromatic rings. The van der Waals surface area contributed by atoms with Crippen molar-refractivity contribution in [1.29, 1.82) is 0 Å². The van der Waals surface area contributed by atoms with Gasteiger partial charge in [0.2, 0.25) is 5.91 Å². The number of carbonyl (C=O) groups is 2. The van der Waals surface area contributed by atoms with E-state index in [1.165, 1.54) is 0 Å². The fraction of sp³-hybridized carbons (Fsp3) is 0.474. The smallest absolute Gasteiger partial charge is 0.236 e. The van der Waals surface area contributed by atoms with Crippen LogP contribution in [0.25, 0.3) is 5.57 Å². The molecule has 0 aromatic heterocycles. The fourth-order valence-electron chi connectivity index (χ4n) is 4.12. The minimum absolute atomic E-state index is 0.0223. The van der Waals surface area contributed by atoms with Gasteiger partial charge in [-0.1, -0.05) is 18.7 Å². The molecule has 122 valence electrons. The van der Waals surface area contributed by atoms with Crippen LogP contribution in [0.1, 0.15) is 31.2 Å². The maximum Gasteiger partial charge on any atom is 0.236 e. The summed E-state index contributed by atoms with van der Waals surface area (Å²) in [7, 11) is 3.42. The van der Waals surface area contributed by atoms with Crippen LogP contribution in [0, 0.1) is 11.3 Å². The second kappa shape index (κ2) is 5.84. The lowest BCUT2D eigenvalue weighted by Crippen LogP contribution is -2.54. The number of methoxy groups -OCH3 is 1. The van der Waals surface area contributed by atoms with Crippen molar-refractivity contribution >= 4 is 17.3 Å². The van der Waals surface area contributed by atoms with E-state index in [1.54, 1.807) is 19.1 Å². The van der Waals surface area contributed by atoms with E-state index in [1.807, 2.05) is 24.3 Å². The van der Waals surface area contributed by atoms with Gasteiger partial charge in [0, 0.05) is 25.9 Å². The van der Waals surface area contributed by atoms with Crippen molar-refractivity contribution in [2.75, 3.05) is 20.7 Å². The summed E-state index contributed by atoms with van der Waals surface area (Å²) >= 11 is 0. The SMILES string of the molecule is C=C(c1ccc(OC)cc1)[C@H]1CCN(C)C(=O)[C@@]12CCCC2=O. The maximum absolute atomic E-state index is 12.9. The predicted octanol–water partition coefficient (Wildman–Crippen LogP) is 2.93. The Kier molecular flexibility index (Phi) is 4.00. The molecule has 0 N–H and O–H groups in total. The van der Waals surface area contributed by atoms with Crippen LogP contribution in [0.4, 0.5) is 0 Å². The Morgan fingerprint density at radius 2 is 2.00 bits per heavy atom. The first-order valence-electron chi connectivity index (χ1n) is 8.13. The van der Waals surface area contributed by atoms with Crippen molar-refractivity contribution in [2.24, 2.45) is 11.3 Å². The number of hydrogen-bond acceptors (Lipinski definition) is 3. The van der Waals surface area contributed by atoms with Crippen LogP contribution in [0.5, 0.6) is 5.75 Å². The molecule has 2 aliphatic rings. The summed E-state index contributed by atoms with van der Waals surface area (Å²) in [5.74, 6) is 0.752. The number of carbonyl (C=O) groups excluding carboxylic acids is 2. The third kappa shape index (κ3) is 2.37. The molecule has 1 amide bonds. The average Bonchev–Trinajstić information content (AvgIpc) is 2.95. The van der Waals surface area contributed by atoms with Gasteiger partial charge in [0.1, 0.15) is 16.9 Å². The van der Waals surface area contributed by atoms with E-state index >= 15 is 0 Å². The molecular weight excluding hydrogens is 290 g/mol. The van der Waals surface area contributed by atoms with E-state index in [0.29, 0.717) is 19.4 Å². The Bertz CT molecular complexity index is 649. The third-order valence-corrected chi connectivity index (χ3v) is 5.43. The van der Waals surface area contributed by atoms with Gasteiger partial charge in [0.15, 0.2) is 0 Å². The fourth-order valence-corrected chi connectivity index (χ4v) is 4.12. The van der Waals surface area contributed by atoms with Gasteiger partial charge in [-0.3, -0.25) is 9.59 Å². The summed E-state index contributed by atoms with van der Waals surface area (Å²) in [4.78, 5) is 27.2. The number of amides is 1. The second-order valence-electron chi connectivity index (χ2n) is 6.57. The van der Waals surface area contributed by atoms with Gasteiger partial charge >= 0.3 is 0 Å². The Labute approximate surface area is 137 Å². The van der Waals surface area contributed by atoms with Crippen LogP contribution in [0.2, 0.25) is 0 Å². The number of allylic oxidation sites excluding steroid dienone is 1. The third-order valence-electron chi connectivity index (χ3n) is 5.43. The van der Waals surface area contributed by atoms with Gasteiger partial charge in [0.25, 0.3) is 0 Å². The monoisotopic (exact) mass is 313 g/mol. The predicted molar refractivity (Wildman–Crippen MR) is 89.1 cm³/mol. The Balaban J connectivity index is 1.97. The van der Waals surface area contributed by atoms with Gasteiger partial charge < -0.3 is 9.64 Å². The highest BCUT2D eigenvalue weighted by molar-refractivity contribution is 6.09. The van der Waals surface area contributed by atoms with Gasteiger partial charge in [-0.15, -0.1) is 0 Å². The van der Waals surface area contributed by atoms with E-state index in [4.69, 9.17) is 4.74 Å². The molecule has 3 rings (SSSR count). The molecule has 1 saturated heterocycles. The standard InChI is InChI=1S/C19H23NO3/c1-13(14-6-8-15(23-3)9-7-14)16-10-12-20(2)18(22)19(16)11-4-5-17(19)21/h6-9,16H,1,4-5,10-12H2,2-3H3/t16-,19+/m1/s1. The van der Waals surface area contributed by atoms with Crippen molar-refractivity contribution in [2.45, 2.75) is 25.7 Å². The highest BCUT2D eigenvalue weighted by Crippen LogP contribution is 2.51. The lowest BCUT2D eigenvalue weighted by atomic mass is 9.64. The highest BCUT2D eigenvalue weighted by atomic mass is 16.5. The molecule has 4 nitrogen and oxygen atoms in total. The molecule has 0 unspecified atom stereocenters. The van der Waals surface area contributed by atoms with Crippen LogP contribution >= 0.6 is 0 Å². The molecule has 0 bridgehead atoms. The lowest BCUT2D eigenvalue weighted by molar-refractivity contribution is -0.153. The number of ether oxygens (including phenoxy) is 1. The number of Topliss-reactive ketones (excluding diaryl/α,β-unsaturated/α-hetero) is 1. The first-order chi connectivity index (χ1) is 11.0. The number of hydrogen-bond donors (Lipinski definition) is 0. The van der Waals surface area contributed by atoms with E-state index < -0.39 is 5.41 Å². The van der Waals surface area contributed by atoms with Gasteiger partial charge in [-0.2, -0.15) is 0 Å². The van der Waals surface area contributed by atoms with E-state index in [9.17, 15) is 9.59 Å². The summed E-state index contributed by atoms with van der Waals surface area (Å²) < 4.78 is 5.19. The normalized spacial score (nSPS) is 27.6. The summed E-state index contributed by atoms with van der Waals surface area (Å²) in [5, 5.41) is 0. The molecule has 0 radical (unpaired) electrons. The molecule has 1 aliphatic carbocycles. The van der Waals surface area contributed by atoms with Crippen LogP contribution < -0.4 is 4.74 Å². The first kappa shape index (κ1) is 15.8. The maximum atomic E-state index is 12.9. The lowest BCUT2D eigenvalue weighted by Gasteiger charge is -2.43. The summed E-state index contributed by atoms with van der Waals surface area (Å²) in [6.07, 6.45) is 2.74. The van der Waals surface area contributed by atoms with E-state index in [0.717, 1.165) is 29.7 Å². The van der Waals surface area contributed by atoms with E-state index in [-0.39, 0.29) is 17.6 Å². The summed E-state index contributed by atoms with van der Waals surface area (Å²) in [6, 6.07) is 7.69. The average molecular weight is 313 g/mol. The van der Waals surface area contributed by atoms with Crippen LogP contribution in [-0.2, 0) is 9.59 Å². The molecule has 4 heteroatoms. The molecule has 1 heterocycles. The van der Waals surface area contributed by atoms with E-state index in [2.05, 4.69) is 6.58 Å². The molecule has 2 atom stereocenters. The summed E-state index contributed by atoms with van der Waals surface area (Å²) in [5.41, 5.74) is 0.987. The minimum Gasteiger partial charge on any atom is -0.497 e. The zero-order valence-corrected chi connectivity index (χ0v) is 13.8. The molecule has 1 saturated carbocycles. The molecule has 23 heavy (non-hydrogen) atoms. The molecule has 1 aromatic carbocycles. The van der Waals surface area contributed by atoms with Crippen molar-refractivity contribution in [1.82, 2.24) is 4.90 Å². The zero-order chi connectivity index (χ0) is 16.6. The molecule has 1 aliphatic heterocycles. The van der Waals surface area contributed by atoms with Gasteiger partial charge in [0.05, 0.1) is 7.11 Å². The Morgan fingerprint density at radius 3 is 2.57 bits per heavy atom. The number of ketones is 1. The van der Waals surface area contributed by atoms with Crippen molar-refractivity contribution in [3.05, 3.63) is 36.4 Å². The van der Waals surface area contributed by atoms with Crippen molar-refractivity contribution in [3.63, 3.8) is 0 Å². The van der Waals surface area contributed by atoms with Gasteiger partial charge in [-0.05, 0) is 42.5 Å². The first-order valence-corrected chi connectivity index (χ1v) is 8.13. The zero-order valence-electron chi connectivity index (χ0n) is 13.8. The Morgan fingerprint density at radius 1 is 1.30 bits per heavy atom. The quantitative estimate of drug-likeness (QED) is 0.806. The van der Waals surface area contributed by atoms with Crippen molar-refractivity contribution < 1.29 is 14.3 Å². The largest absolute Gasteiger partial charge is 0.497 e. The summed E-state index contributed by atoms with van der Waals surface area (Å²) in [6.45, 7) is 4.93. The van der Waals surface area contributed by atoms with Crippen molar-refractivity contribution in [3.8, 4) is 5.75 Å². The number of piperidine rings is 1. The van der Waals surface area contributed by atoms with Crippen LogP contribution in [-0.4, -0.2) is 37.3 Å². The minimum atomic E-state index is -0.885. The van der Waals surface area contributed by atoms with Gasteiger partial charge in [-0.25, -0.2) is 0 Å². The Hall–Kier alpha value is -2.10. The highest BCUT2D eigenvalue weighted by Gasteiger charge is 2.57.